The molecule has 0 aliphatic rings. The van der Waals surface area contributed by atoms with Gasteiger partial charge < -0.3 is 18.6 Å². The SMILES string of the molecule is COCCCc1cn2ccnc2c(SC)n1.CSc1nc(CCCO)cn2ccnc12. The highest BCUT2D eigenvalue weighted by molar-refractivity contribution is 7.98. The number of ether oxygens (including phenoxy) is 1. The van der Waals surface area contributed by atoms with E-state index in [1.165, 1.54) is 0 Å². The smallest absolute Gasteiger partial charge is 0.169 e. The molecule has 0 saturated carbocycles. The van der Waals surface area contributed by atoms with E-state index in [1.807, 2.05) is 46.1 Å². The number of nitrogens with zero attached hydrogens (tertiary/aromatic N) is 6. The van der Waals surface area contributed by atoms with E-state index in [0.717, 1.165) is 65.0 Å². The van der Waals surface area contributed by atoms with Gasteiger partial charge in [-0.25, -0.2) is 19.9 Å². The van der Waals surface area contributed by atoms with E-state index < -0.39 is 0 Å². The van der Waals surface area contributed by atoms with Crippen LogP contribution in [0.4, 0.5) is 0 Å². The summed E-state index contributed by atoms with van der Waals surface area (Å²) in [6.45, 7) is 0.983. The molecule has 0 aliphatic heterocycles. The lowest BCUT2D eigenvalue weighted by Gasteiger charge is -2.05. The van der Waals surface area contributed by atoms with Crippen LogP contribution >= 0.6 is 23.5 Å². The highest BCUT2D eigenvalue weighted by Gasteiger charge is 2.07. The Morgan fingerprint density at radius 2 is 1.39 bits per heavy atom. The van der Waals surface area contributed by atoms with Crippen LogP contribution in [0.1, 0.15) is 24.2 Å². The maximum Gasteiger partial charge on any atom is 0.169 e. The summed E-state index contributed by atoms with van der Waals surface area (Å²) in [5.74, 6) is 0. The normalized spacial score (nSPS) is 11.1. The minimum Gasteiger partial charge on any atom is -0.396 e. The Hall–Kier alpha value is -2.14. The van der Waals surface area contributed by atoms with Crippen molar-refractivity contribution in [3.8, 4) is 0 Å². The van der Waals surface area contributed by atoms with E-state index in [-0.39, 0.29) is 6.61 Å². The highest BCUT2D eigenvalue weighted by atomic mass is 32.2. The fourth-order valence-corrected chi connectivity index (χ4v) is 4.18. The van der Waals surface area contributed by atoms with Gasteiger partial charge in [-0.2, -0.15) is 0 Å². The molecule has 4 heterocycles. The van der Waals surface area contributed by atoms with Gasteiger partial charge in [0.25, 0.3) is 0 Å². The van der Waals surface area contributed by atoms with Gasteiger partial charge in [0, 0.05) is 57.5 Å². The van der Waals surface area contributed by atoms with Crippen molar-refractivity contribution >= 4 is 34.8 Å². The Kier molecular flexibility index (Phi) is 9.13. The van der Waals surface area contributed by atoms with Gasteiger partial charge >= 0.3 is 0 Å². The Morgan fingerprint density at radius 3 is 1.84 bits per heavy atom. The molecule has 0 spiro atoms. The highest BCUT2D eigenvalue weighted by Crippen LogP contribution is 2.19. The number of aromatic nitrogens is 6. The largest absolute Gasteiger partial charge is 0.396 e. The van der Waals surface area contributed by atoms with Gasteiger partial charge in [-0.1, -0.05) is 0 Å². The summed E-state index contributed by atoms with van der Waals surface area (Å²) in [6.07, 6.45) is 19.0. The van der Waals surface area contributed by atoms with Gasteiger partial charge in [-0.15, -0.1) is 23.5 Å². The molecule has 8 nitrogen and oxygen atoms in total. The first kappa shape index (κ1) is 23.5. The molecule has 0 radical (unpaired) electrons. The topological polar surface area (TPSA) is 89.8 Å². The standard InChI is InChI=1S/C11H15N3OS.C10H13N3OS/c1-15-7-3-4-9-8-14-6-5-12-10(14)11(13-9)16-2;1-15-10-9-11-4-5-13(9)7-8(12-10)3-2-6-14/h5-6,8H,3-4,7H2,1-2H3;4-5,7,14H,2-3,6H2,1H3. The Balaban J connectivity index is 0.000000176. The quantitative estimate of drug-likeness (QED) is 0.300. The zero-order valence-electron chi connectivity index (χ0n) is 18.1. The molecule has 31 heavy (non-hydrogen) atoms. The number of fused-ring (bicyclic) bond motifs is 2. The molecule has 0 saturated heterocycles. The van der Waals surface area contributed by atoms with Crippen LogP contribution in [0.2, 0.25) is 0 Å². The summed E-state index contributed by atoms with van der Waals surface area (Å²) in [5, 5.41) is 10.7. The molecule has 0 fully saturated rings. The van der Waals surface area contributed by atoms with E-state index in [4.69, 9.17) is 9.84 Å². The summed E-state index contributed by atoms with van der Waals surface area (Å²) in [6, 6.07) is 0. The van der Waals surface area contributed by atoms with Gasteiger partial charge in [0.05, 0.1) is 11.4 Å². The molecule has 0 bridgehead atoms. The third-order valence-corrected chi connectivity index (χ3v) is 5.87. The lowest BCUT2D eigenvalue weighted by molar-refractivity contribution is 0.195. The molecule has 4 aromatic rings. The summed E-state index contributed by atoms with van der Waals surface area (Å²) in [5.41, 5.74) is 3.92. The molecule has 0 aliphatic carbocycles. The summed E-state index contributed by atoms with van der Waals surface area (Å²) >= 11 is 3.22. The van der Waals surface area contributed by atoms with E-state index >= 15 is 0 Å². The number of rotatable bonds is 9. The second-order valence-electron chi connectivity index (χ2n) is 6.72. The average Bonchev–Trinajstić information content (AvgIpc) is 3.46. The minimum absolute atomic E-state index is 0.207. The van der Waals surface area contributed by atoms with Crippen LogP contribution in [-0.2, 0) is 17.6 Å². The van der Waals surface area contributed by atoms with E-state index in [0.29, 0.717) is 0 Å². The summed E-state index contributed by atoms with van der Waals surface area (Å²) in [4.78, 5) is 17.6. The first-order chi connectivity index (χ1) is 15.2. The number of aliphatic hydroxyl groups excluding tert-OH is 1. The number of hydrogen-bond donors (Lipinski definition) is 1. The van der Waals surface area contributed by atoms with Crippen LogP contribution in [0.15, 0.2) is 47.2 Å². The van der Waals surface area contributed by atoms with Crippen molar-refractivity contribution in [2.75, 3.05) is 32.8 Å². The van der Waals surface area contributed by atoms with Gasteiger partial charge in [0.15, 0.2) is 11.3 Å². The lowest BCUT2D eigenvalue weighted by atomic mass is 10.2. The number of imidazole rings is 2. The molecule has 1 N–H and O–H groups in total. The van der Waals surface area contributed by atoms with E-state index in [9.17, 15) is 0 Å². The van der Waals surface area contributed by atoms with Crippen LogP contribution in [0, 0.1) is 0 Å². The van der Waals surface area contributed by atoms with Gasteiger partial charge in [-0.05, 0) is 38.2 Å². The number of hydrogen-bond acceptors (Lipinski definition) is 8. The molecule has 0 amide bonds. The molecule has 0 atom stereocenters. The molecular weight excluding hydrogens is 432 g/mol. The molecular formula is C21H28N6O2S2. The zero-order valence-corrected chi connectivity index (χ0v) is 19.7. The maximum atomic E-state index is 8.78. The van der Waals surface area contributed by atoms with Crippen LogP contribution in [-0.4, -0.2) is 66.7 Å². The van der Waals surface area contributed by atoms with E-state index in [1.54, 1.807) is 43.0 Å². The third kappa shape index (κ3) is 6.19. The zero-order chi connectivity index (χ0) is 22.1. The molecule has 10 heteroatoms. The number of aliphatic hydroxyl groups is 1. The maximum absolute atomic E-state index is 8.78. The second kappa shape index (κ2) is 12.0. The Labute approximate surface area is 190 Å². The van der Waals surface area contributed by atoms with Gasteiger partial charge in [0.2, 0.25) is 0 Å². The second-order valence-corrected chi connectivity index (χ2v) is 8.31. The molecule has 0 unspecified atom stereocenters. The molecule has 0 aromatic carbocycles. The monoisotopic (exact) mass is 460 g/mol. The van der Waals surface area contributed by atoms with E-state index in [2.05, 4.69) is 19.9 Å². The Bertz CT molecular complexity index is 1100. The van der Waals surface area contributed by atoms with Gasteiger partial charge in [0.1, 0.15) is 10.1 Å². The molecule has 166 valence electrons. The van der Waals surface area contributed by atoms with Crippen molar-refractivity contribution < 1.29 is 9.84 Å². The molecule has 4 rings (SSSR count). The predicted molar refractivity (Wildman–Crippen MR) is 125 cm³/mol. The third-order valence-electron chi connectivity index (χ3n) is 4.55. The van der Waals surface area contributed by atoms with Crippen LogP contribution in [0.25, 0.3) is 11.3 Å². The minimum atomic E-state index is 0.207. The fraction of sp³-hybridized carbons (Fsp3) is 0.429. The predicted octanol–water partition coefficient (Wildman–Crippen LogP) is 3.41. The van der Waals surface area contributed by atoms with Crippen LogP contribution in [0.5, 0.6) is 0 Å². The number of methoxy groups -OCH3 is 1. The van der Waals surface area contributed by atoms with Crippen molar-refractivity contribution in [2.45, 2.75) is 35.7 Å². The summed E-state index contributed by atoms with van der Waals surface area (Å²) in [7, 11) is 1.72. The van der Waals surface area contributed by atoms with Crippen molar-refractivity contribution in [2.24, 2.45) is 0 Å². The van der Waals surface area contributed by atoms with Crippen molar-refractivity contribution in [1.82, 2.24) is 28.7 Å². The fourth-order valence-electron chi connectivity index (χ4n) is 3.08. The first-order valence-corrected chi connectivity index (χ1v) is 12.5. The van der Waals surface area contributed by atoms with Crippen LogP contribution in [0.3, 0.4) is 0 Å². The van der Waals surface area contributed by atoms with Crippen molar-refractivity contribution in [1.29, 1.82) is 0 Å². The van der Waals surface area contributed by atoms with Gasteiger partial charge in [-0.3, -0.25) is 0 Å². The van der Waals surface area contributed by atoms with Crippen LogP contribution < -0.4 is 0 Å². The van der Waals surface area contributed by atoms with Crippen molar-refractivity contribution in [3.05, 3.63) is 48.6 Å². The number of thioether (sulfide) groups is 2. The first-order valence-electron chi connectivity index (χ1n) is 10.0. The average molecular weight is 461 g/mol. The molecule has 4 aromatic heterocycles. The lowest BCUT2D eigenvalue weighted by Crippen LogP contribution is -2.00. The summed E-state index contributed by atoms with van der Waals surface area (Å²) < 4.78 is 9.05. The number of aryl methyl sites for hydroxylation is 2. The van der Waals surface area contributed by atoms with Crippen molar-refractivity contribution in [3.63, 3.8) is 0 Å². The Morgan fingerprint density at radius 1 is 0.871 bits per heavy atom.